The monoisotopic (exact) mass is 479 g/mol. The largest absolute Gasteiger partial charge is 0.506 e. The lowest BCUT2D eigenvalue weighted by Gasteiger charge is -2.17. The average Bonchev–Trinajstić information content (AvgIpc) is 2.33. The number of aromatic hydroxyl groups is 1. The lowest BCUT2D eigenvalue weighted by atomic mass is 10.0. The zero-order chi connectivity index (χ0) is 13.9. The molecule has 0 aliphatic rings. The SMILES string of the molecule is CCOC(=O)C(F)[C@@H](N)c1cc(I)c(O)c(I)c1. The highest BCUT2D eigenvalue weighted by atomic mass is 127. The first-order valence-electron chi connectivity index (χ1n) is 5.12. The second kappa shape index (κ2) is 6.85. The standard InChI is InChI=1S/C11H12FI2NO3/c1-2-18-11(17)8(12)9(15)5-3-6(13)10(16)7(14)4-5/h3-4,8-9,16H,2,15H2,1H3/t8?,9-/m0/s1. The van der Waals surface area contributed by atoms with Crippen molar-refractivity contribution in [1.29, 1.82) is 0 Å². The summed E-state index contributed by atoms with van der Waals surface area (Å²) in [7, 11) is 0. The number of esters is 1. The summed E-state index contributed by atoms with van der Waals surface area (Å²) < 4.78 is 19.5. The summed E-state index contributed by atoms with van der Waals surface area (Å²) in [5.41, 5.74) is 6.14. The lowest BCUT2D eigenvalue weighted by Crippen LogP contribution is -2.31. The summed E-state index contributed by atoms with van der Waals surface area (Å²) in [5, 5.41) is 9.60. The van der Waals surface area contributed by atoms with Gasteiger partial charge in [0.05, 0.1) is 19.8 Å². The van der Waals surface area contributed by atoms with Crippen molar-refractivity contribution in [2.75, 3.05) is 6.61 Å². The Morgan fingerprint density at radius 2 is 2.00 bits per heavy atom. The van der Waals surface area contributed by atoms with Crippen molar-refractivity contribution in [3.8, 4) is 5.75 Å². The minimum Gasteiger partial charge on any atom is -0.506 e. The van der Waals surface area contributed by atoms with Gasteiger partial charge in [0.25, 0.3) is 0 Å². The predicted octanol–water partition coefficient (Wildman–Crippen LogP) is 2.50. The summed E-state index contributed by atoms with van der Waals surface area (Å²) in [6.07, 6.45) is -1.92. The summed E-state index contributed by atoms with van der Waals surface area (Å²) in [6, 6.07) is 2.00. The summed E-state index contributed by atoms with van der Waals surface area (Å²) >= 11 is 3.83. The van der Waals surface area contributed by atoms with Gasteiger partial charge in [-0.25, -0.2) is 9.18 Å². The number of carbonyl (C=O) groups is 1. The van der Waals surface area contributed by atoms with Crippen molar-refractivity contribution < 1.29 is 19.0 Å². The summed E-state index contributed by atoms with van der Waals surface area (Å²) in [5.74, 6) is -0.846. The van der Waals surface area contributed by atoms with E-state index < -0.39 is 18.2 Å². The fraction of sp³-hybridized carbons (Fsp3) is 0.364. The van der Waals surface area contributed by atoms with Crippen LogP contribution in [0.2, 0.25) is 0 Å². The van der Waals surface area contributed by atoms with E-state index in [0.717, 1.165) is 0 Å². The number of alkyl halides is 1. The van der Waals surface area contributed by atoms with Crippen LogP contribution < -0.4 is 5.73 Å². The predicted molar refractivity (Wildman–Crippen MR) is 82.0 cm³/mol. The number of rotatable bonds is 4. The van der Waals surface area contributed by atoms with Gasteiger partial charge in [0.2, 0.25) is 6.17 Å². The molecule has 1 unspecified atom stereocenters. The van der Waals surface area contributed by atoms with Crippen molar-refractivity contribution in [3.63, 3.8) is 0 Å². The number of hydrogen-bond donors (Lipinski definition) is 2. The maximum Gasteiger partial charge on any atom is 0.342 e. The van der Waals surface area contributed by atoms with Gasteiger partial charge in [-0.15, -0.1) is 0 Å². The Kier molecular flexibility index (Phi) is 6.05. The quantitative estimate of drug-likeness (QED) is 0.515. The minimum absolute atomic E-state index is 0.108. The molecule has 0 aliphatic heterocycles. The highest BCUT2D eigenvalue weighted by molar-refractivity contribution is 14.1. The molecule has 0 heterocycles. The van der Waals surface area contributed by atoms with Gasteiger partial charge >= 0.3 is 5.97 Å². The van der Waals surface area contributed by atoms with Crippen LogP contribution in [0.15, 0.2) is 12.1 Å². The molecule has 1 aromatic rings. The van der Waals surface area contributed by atoms with Gasteiger partial charge in [-0.05, 0) is 69.8 Å². The maximum atomic E-state index is 13.8. The number of nitrogens with two attached hydrogens (primary N) is 1. The highest BCUT2D eigenvalue weighted by Crippen LogP contribution is 2.30. The Bertz CT molecular complexity index is 433. The van der Waals surface area contributed by atoms with Crippen LogP contribution in [0, 0.1) is 7.14 Å². The van der Waals surface area contributed by atoms with E-state index >= 15 is 0 Å². The third-order valence-electron chi connectivity index (χ3n) is 2.25. The smallest absolute Gasteiger partial charge is 0.342 e. The number of hydrogen-bond acceptors (Lipinski definition) is 4. The first-order valence-corrected chi connectivity index (χ1v) is 7.28. The Labute approximate surface area is 131 Å². The van der Waals surface area contributed by atoms with Gasteiger partial charge in [-0.3, -0.25) is 0 Å². The van der Waals surface area contributed by atoms with Crippen molar-refractivity contribution in [1.82, 2.24) is 0 Å². The molecule has 4 nitrogen and oxygen atoms in total. The van der Waals surface area contributed by atoms with Gasteiger partial charge in [0.1, 0.15) is 5.75 Å². The van der Waals surface area contributed by atoms with Crippen LogP contribution in [0.4, 0.5) is 4.39 Å². The Morgan fingerprint density at radius 3 is 2.44 bits per heavy atom. The van der Waals surface area contributed by atoms with E-state index in [1.165, 1.54) is 0 Å². The Hall–Kier alpha value is -0.160. The molecule has 3 N–H and O–H groups in total. The molecule has 0 saturated heterocycles. The zero-order valence-electron chi connectivity index (χ0n) is 9.49. The maximum absolute atomic E-state index is 13.8. The van der Waals surface area contributed by atoms with Crippen molar-refractivity contribution in [2.24, 2.45) is 5.73 Å². The van der Waals surface area contributed by atoms with Crippen LogP contribution in [0.5, 0.6) is 5.75 Å². The summed E-state index contributed by atoms with van der Waals surface area (Å²) in [6.45, 7) is 1.71. The third kappa shape index (κ3) is 3.67. The molecule has 100 valence electrons. The van der Waals surface area contributed by atoms with Gasteiger partial charge in [-0.2, -0.15) is 0 Å². The zero-order valence-corrected chi connectivity index (χ0v) is 13.8. The van der Waals surface area contributed by atoms with E-state index in [4.69, 9.17) is 5.73 Å². The molecule has 0 radical (unpaired) electrons. The normalized spacial score (nSPS) is 14.1. The number of phenolic OH excluding ortho intramolecular Hbond substituents is 1. The second-order valence-corrected chi connectivity index (χ2v) is 5.84. The molecule has 2 atom stereocenters. The molecular formula is C11H12FI2NO3. The van der Waals surface area contributed by atoms with Crippen LogP contribution >= 0.6 is 45.2 Å². The number of ether oxygens (including phenoxy) is 1. The number of phenols is 1. The molecule has 0 amide bonds. The van der Waals surface area contributed by atoms with Crippen molar-refractivity contribution in [3.05, 3.63) is 24.8 Å². The van der Waals surface area contributed by atoms with Gasteiger partial charge < -0.3 is 15.6 Å². The average molecular weight is 479 g/mol. The van der Waals surface area contributed by atoms with Crippen LogP contribution in [-0.2, 0) is 9.53 Å². The fourth-order valence-corrected chi connectivity index (χ4v) is 3.13. The molecule has 0 fully saturated rings. The first-order chi connectivity index (χ1) is 8.38. The van der Waals surface area contributed by atoms with Crippen LogP contribution in [0.25, 0.3) is 0 Å². The minimum atomic E-state index is -1.92. The molecule has 7 heteroatoms. The molecule has 0 bridgehead atoms. The molecule has 0 aromatic heterocycles. The first kappa shape index (κ1) is 15.9. The molecule has 0 saturated carbocycles. The molecule has 18 heavy (non-hydrogen) atoms. The van der Waals surface area contributed by atoms with E-state index in [9.17, 15) is 14.3 Å². The molecule has 1 aromatic carbocycles. The molecule has 0 spiro atoms. The van der Waals surface area contributed by atoms with Crippen LogP contribution in [0.1, 0.15) is 18.5 Å². The molecule has 1 rings (SSSR count). The van der Waals surface area contributed by atoms with E-state index in [-0.39, 0.29) is 12.4 Å². The molecule has 0 aliphatic carbocycles. The van der Waals surface area contributed by atoms with Crippen LogP contribution in [-0.4, -0.2) is 23.9 Å². The molecular weight excluding hydrogens is 467 g/mol. The van der Waals surface area contributed by atoms with Crippen molar-refractivity contribution >= 4 is 51.2 Å². The van der Waals surface area contributed by atoms with Gasteiger partial charge in [0, 0.05) is 0 Å². The number of carbonyl (C=O) groups excluding carboxylic acids is 1. The number of benzene rings is 1. The van der Waals surface area contributed by atoms with E-state index in [2.05, 4.69) is 4.74 Å². The van der Waals surface area contributed by atoms with Gasteiger partial charge in [0.15, 0.2) is 0 Å². The van der Waals surface area contributed by atoms with E-state index in [1.54, 1.807) is 19.1 Å². The highest BCUT2D eigenvalue weighted by Gasteiger charge is 2.28. The van der Waals surface area contributed by atoms with E-state index in [0.29, 0.717) is 12.7 Å². The third-order valence-corrected chi connectivity index (χ3v) is 3.90. The van der Waals surface area contributed by atoms with Gasteiger partial charge in [-0.1, -0.05) is 0 Å². The second-order valence-electron chi connectivity index (χ2n) is 3.51. The van der Waals surface area contributed by atoms with Crippen LogP contribution in [0.3, 0.4) is 0 Å². The fourth-order valence-electron chi connectivity index (χ4n) is 1.32. The van der Waals surface area contributed by atoms with E-state index in [1.807, 2.05) is 45.2 Å². The summed E-state index contributed by atoms with van der Waals surface area (Å²) in [4.78, 5) is 11.3. The lowest BCUT2D eigenvalue weighted by molar-refractivity contribution is -0.149. The van der Waals surface area contributed by atoms with Crippen molar-refractivity contribution in [2.45, 2.75) is 19.1 Å². The Balaban J connectivity index is 2.97. The Morgan fingerprint density at radius 1 is 1.50 bits per heavy atom. The topological polar surface area (TPSA) is 72.5 Å². The number of halogens is 3.